The van der Waals surface area contributed by atoms with Crippen molar-refractivity contribution in [2.24, 2.45) is 5.92 Å². The topological polar surface area (TPSA) is 54.7 Å². The Kier molecular flexibility index (Phi) is 4.59. The quantitative estimate of drug-likeness (QED) is 0.874. The molecule has 2 bridgehead atoms. The molecule has 3 unspecified atom stereocenters. The Labute approximate surface area is 154 Å². The number of alkyl halides is 3. The minimum absolute atomic E-state index is 0.151. The molecule has 1 N–H and O–H groups in total. The average Bonchev–Trinajstić information content (AvgIpc) is 3.22. The van der Waals surface area contributed by atoms with E-state index >= 15 is 0 Å². The number of benzene rings is 1. The molecule has 144 valence electrons. The van der Waals surface area contributed by atoms with Crippen LogP contribution in [-0.2, 0) is 6.18 Å². The van der Waals surface area contributed by atoms with Crippen LogP contribution in [-0.4, -0.2) is 36.5 Å². The van der Waals surface area contributed by atoms with Gasteiger partial charge in [-0.1, -0.05) is 0 Å². The summed E-state index contributed by atoms with van der Waals surface area (Å²) in [5.41, 5.74) is 0.477. The largest absolute Gasteiger partial charge is 0.449 e. The van der Waals surface area contributed by atoms with Gasteiger partial charge in [0.15, 0.2) is 0 Å². The van der Waals surface area contributed by atoms with Crippen LogP contribution < -0.4 is 10.1 Å². The standard InChI is InChI=1S/C19H19F3N2O3/c20-19(21,22)16-5-6-17(27-16)26-15-3-1-13(2-4-15)18(25)23-14-9-12-7-8-24(10-12)11-14/h1-6,12,14H,7-11H2,(H,23,25). The molecule has 0 spiro atoms. The van der Waals surface area contributed by atoms with E-state index in [0.717, 1.165) is 38.2 Å². The molecule has 27 heavy (non-hydrogen) atoms. The van der Waals surface area contributed by atoms with E-state index in [0.29, 0.717) is 11.5 Å². The molecular weight excluding hydrogens is 361 g/mol. The number of nitrogens with one attached hydrogen (secondary N) is 1. The lowest BCUT2D eigenvalue weighted by Gasteiger charge is -2.30. The Morgan fingerprint density at radius 2 is 1.93 bits per heavy atom. The van der Waals surface area contributed by atoms with Crippen molar-refractivity contribution in [2.75, 3.05) is 19.6 Å². The van der Waals surface area contributed by atoms with E-state index in [4.69, 9.17) is 4.74 Å². The number of rotatable bonds is 4. The van der Waals surface area contributed by atoms with E-state index < -0.39 is 11.9 Å². The predicted octanol–water partition coefficient (Wildman–Crippen LogP) is 3.91. The van der Waals surface area contributed by atoms with Crippen LogP contribution in [0.4, 0.5) is 13.2 Å². The highest BCUT2D eigenvalue weighted by Gasteiger charge is 2.35. The lowest BCUT2D eigenvalue weighted by molar-refractivity contribution is -0.153. The van der Waals surface area contributed by atoms with Crippen molar-refractivity contribution >= 4 is 5.91 Å². The number of hydrogen-bond acceptors (Lipinski definition) is 4. The van der Waals surface area contributed by atoms with E-state index in [1.54, 1.807) is 12.1 Å². The summed E-state index contributed by atoms with van der Waals surface area (Å²) in [5, 5.41) is 3.06. The molecule has 2 aliphatic heterocycles. The van der Waals surface area contributed by atoms with E-state index in [9.17, 15) is 18.0 Å². The fraction of sp³-hybridized carbons (Fsp3) is 0.421. The molecule has 0 saturated carbocycles. The van der Waals surface area contributed by atoms with Gasteiger partial charge in [-0.15, -0.1) is 0 Å². The Morgan fingerprint density at radius 3 is 2.59 bits per heavy atom. The number of halogens is 3. The number of nitrogens with zero attached hydrogens (tertiary/aromatic N) is 1. The van der Waals surface area contributed by atoms with E-state index in [-0.39, 0.29) is 23.6 Å². The maximum absolute atomic E-state index is 12.5. The zero-order valence-corrected chi connectivity index (χ0v) is 14.5. The molecule has 4 rings (SSSR count). The molecule has 3 heterocycles. The molecule has 2 saturated heterocycles. The van der Waals surface area contributed by atoms with Crippen LogP contribution in [0.15, 0.2) is 40.8 Å². The number of piperidine rings is 1. The van der Waals surface area contributed by atoms with E-state index in [2.05, 4.69) is 14.6 Å². The summed E-state index contributed by atoms with van der Waals surface area (Å²) in [4.78, 5) is 14.8. The predicted molar refractivity (Wildman–Crippen MR) is 90.6 cm³/mol. The van der Waals surface area contributed by atoms with Crippen molar-refractivity contribution in [3.05, 3.63) is 47.7 Å². The van der Waals surface area contributed by atoms with Crippen LogP contribution in [0.3, 0.4) is 0 Å². The van der Waals surface area contributed by atoms with Crippen molar-refractivity contribution < 1.29 is 27.1 Å². The maximum atomic E-state index is 12.5. The van der Waals surface area contributed by atoms with Crippen molar-refractivity contribution in [1.82, 2.24) is 10.2 Å². The lowest BCUT2D eigenvalue weighted by Crippen LogP contribution is -2.46. The molecule has 0 aliphatic carbocycles. The van der Waals surface area contributed by atoms with Crippen LogP contribution in [0.5, 0.6) is 11.7 Å². The molecule has 3 atom stereocenters. The summed E-state index contributed by atoms with van der Waals surface area (Å²) >= 11 is 0. The molecule has 2 aromatic rings. The van der Waals surface area contributed by atoms with Gasteiger partial charge in [-0.3, -0.25) is 4.79 Å². The van der Waals surface area contributed by atoms with E-state index in [1.807, 2.05) is 0 Å². The van der Waals surface area contributed by atoms with Crippen LogP contribution in [0, 0.1) is 5.92 Å². The minimum atomic E-state index is -4.56. The van der Waals surface area contributed by atoms with Crippen molar-refractivity contribution in [3.63, 3.8) is 0 Å². The monoisotopic (exact) mass is 380 g/mol. The fourth-order valence-corrected chi connectivity index (χ4v) is 3.75. The maximum Gasteiger partial charge on any atom is 0.449 e. The number of carbonyl (C=O) groups excluding carboxylic acids is 1. The average molecular weight is 380 g/mol. The third-order valence-corrected chi connectivity index (χ3v) is 5.00. The Balaban J connectivity index is 1.35. The van der Waals surface area contributed by atoms with Crippen LogP contribution >= 0.6 is 0 Å². The molecule has 5 nitrogen and oxygen atoms in total. The Bertz CT molecular complexity index is 804. The highest BCUT2D eigenvalue weighted by Crippen LogP contribution is 2.34. The number of carbonyl (C=O) groups is 1. The summed E-state index contributed by atoms with van der Waals surface area (Å²) in [5.74, 6) is -0.588. The fourth-order valence-electron chi connectivity index (χ4n) is 3.75. The third kappa shape index (κ3) is 4.10. The molecule has 2 aliphatic rings. The molecular formula is C19H19F3N2O3. The van der Waals surface area contributed by atoms with Crippen molar-refractivity contribution in [2.45, 2.75) is 25.1 Å². The van der Waals surface area contributed by atoms with Gasteiger partial charge >= 0.3 is 6.18 Å². The summed E-state index contributed by atoms with van der Waals surface area (Å²) < 4.78 is 47.5. The van der Waals surface area contributed by atoms with Gasteiger partial charge < -0.3 is 19.4 Å². The van der Waals surface area contributed by atoms with Crippen LogP contribution in [0.1, 0.15) is 29.0 Å². The Morgan fingerprint density at radius 1 is 1.15 bits per heavy atom. The summed E-state index contributed by atoms with van der Waals surface area (Å²) in [6, 6.07) is 8.28. The minimum Gasteiger partial charge on any atom is -0.426 e. The lowest BCUT2D eigenvalue weighted by atomic mass is 9.96. The number of amides is 1. The molecule has 8 heteroatoms. The van der Waals surface area contributed by atoms with Crippen molar-refractivity contribution in [3.8, 4) is 11.7 Å². The van der Waals surface area contributed by atoms with Gasteiger partial charge in [0.1, 0.15) is 5.75 Å². The van der Waals surface area contributed by atoms with Gasteiger partial charge in [-0.2, -0.15) is 13.2 Å². The first-order chi connectivity index (χ1) is 12.9. The number of hydrogen-bond donors (Lipinski definition) is 1. The van der Waals surface area contributed by atoms with Crippen LogP contribution in [0.25, 0.3) is 0 Å². The molecule has 1 aromatic carbocycles. The second kappa shape index (κ2) is 6.92. The number of fused-ring (bicyclic) bond motifs is 2. The highest BCUT2D eigenvalue weighted by atomic mass is 19.4. The van der Waals surface area contributed by atoms with Gasteiger partial charge in [-0.05, 0) is 55.6 Å². The van der Waals surface area contributed by atoms with E-state index in [1.165, 1.54) is 18.6 Å². The van der Waals surface area contributed by atoms with Gasteiger partial charge in [0, 0.05) is 30.8 Å². The van der Waals surface area contributed by atoms with Gasteiger partial charge in [0.05, 0.1) is 0 Å². The first kappa shape index (κ1) is 17.9. The summed E-state index contributed by atoms with van der Waals surface area (Å²) in [7, 11) is 0. The summed E-state index contributed by atoms with van der Waals surface area (Å²) in [6.07, 6.45) is -2.36. The molecule has 2 fully saturated rings. The van der Waals surface area contributed by atoms with Crippen molar-refractivity contribution in [1.29, 1.82) is 0 Å². The Hall–Kier alpha value is -2.48. The second-order valence-electron chi connectivity index (χ2n) is 7.06. The first-order valence-electron chi connectivity index (χ1n) is 8.85. The zero-order chi connectivity index (χ0) is 19.0. The van der Waals surface area contributed by atoms with Gasteiger partial charge in [-0.25, -0.2) is 0 Å². The number of ether oxygens (including phenoxy) is 1. The van der Waals surface area contributed by atoms with Crippen LogP contribution in [0.2, 0.25) is 0 Å². The first-order valence-corrected chi connectivity index (χ1v) is 8.85. The molecule has 1 aromatic heterocycles. The smallest absolute Gasteiger partial charge is 0.426 e. The normalized spacial score (nSPS) is 24.6. The van der Waals surface area contributed by atoms with Gasteiger partial charge in [0.25, 0.3) is 11.9 Å². The summed E-state index contributed by atoms with van der Waals surface area (Å²) in [6.45, 7) is 3.11. The van der Waals surface area contributed by atoms with Gasteiger partial charge in [0.2, 0.25) is 5.76 Å². The number of furan rings is 1. The zero-order valence-electron chi connectivity index (χ0n) is 14.5. The second-order valence-corrected chi connectivity index (χ2v) is 7.06. The molecule has 0 radical (unpaired) electrons. The highest BCUT2D eigenvalue weighted by molar-refractivity contribution is 5.94. The third-order valence-electron chi connectivity index (χ3n) is 5.00. The SMILES string of the molecule is O=C(NC1CC2CCN(C2)C1)c1ccc(Oc2ccc(C(F)(F)F)o2)cc1. The molecule has 1 amide bonds.